The fourth-order valence-electron chi connectivity index (χ4n) is 2.22. The Bertz CT molecular complexity index is 608. The van der Waals surface area contributed by atoms with E-state index >= 15 is 0 Å². The molecule has 2 aromatic rings. The molecule has 0 spiro atoms. The van der Waals surface area contributed by atoms with Crippen molar-refractivity contribution < 1.29 is 0 Å². The van der Waals surface area contributed by atoms with E-state index in [0.717, 1.165) is 11.0 Å². The van der Waals surface area contributed by atoms with Crippen molar-refractivity contribution in [2.24, 2.45) is 0 Å². The zero-order chi connectivity index (χ0) is 12.7. The summed E-state index contributed by atoms with van der Waals surface area (Å²) in [6.45, 7) is 8.39. The molecular weight excluding hydrogens is 327 g/mol. The molecule has 0 fully saturated rings. The Hall–Kier alpha value is -0.780. The monoisotopic (exact) mass is 344 g/mol. The van der Waals surface area contributed by atoms with E-state index in [4.69, 9.17) is 0 Å². The van der Waals surface area contributed by atoms with Gasteiger partial charge in [0.15, 0.2) is 0 Å². The summed E-state index contributed by atoms with van der Waals surface area (Å²) in [4.78, 5) is 12.2. The molecule has 0 aliphatic heterocycles. The number of para-hydroxylation sites is 1. The van der Waals surface area contributed by atoms with Crippen LogP contribution < -0.4 is 5.69 Å². The highest BCUT2D eigenvalue weighted by Gasteiger charge is 2.17. The standard InChI is InChI=1S/C13H17IN2O/c1-8(2)10-6-5-7-11-12(10)16(14)13(17)15(11)9(3)4/h5-9H,1-4H3. The first kappa shape index (κ1) is 12.7. The maximum Gasteiger partial charge on any atom is 0.338 e. The number of halogens is 1. The average Bonchev–Trinajstić information content (AvgIpc) is 2.51. The molecule has 92 valence electrons. The summed E-state index contributed by atoms with van der Waals surface area (Å²) < 4.78 is 3.59. The lowest BCUT2D eigenvalue weighted by atomic mass is 10.0. The van der Waals surface area contributed by atoms with Crippen molar-refractivity contribution in [1.29, 1.82) is 0 Å². The number of hydrogen-bond donors (Lipinski definition) is 0. The second kappa shape index (κ2) is 4.48. The molecule has 0 amide bonds. The van der Waals surface area contributed by atoms with Crippen LogP contribution in [0.25, 0.3) is 11.0 Å². The number of hydrogen-bond acceptors (Lipinski definition) is 1. The summed E-state index contributed by atoms with van der Waals surface area (Å²) in [5, 5.41) is 0. The molecule has 1 aromatic carbocycles. The van der Waals surface area contributed by atoms with Crippen LogP contribution in [-0.2, 0) is 0 Å². The molecular formula is C13H17IN2O. The van der Waals surface area contributed by atoms with Crippen LogP contribution in [-0.4, -0.2) is 7.35 Å². The average molecular weight is 344 g/mol. The molecule has 4 heteroatoms. The molecule has 3 nitrogen and oxygen atoms in total. The summed E-state index contributed by atoms with van der Waals surface area (Å²) in [5.74, 6) is 0.419. The highest BCUT2D eigenvalue weighted by Crippen LogP contribution is 2.27. The van der Waals surface area contributed by atoms with Crippen LogP contribution in [0.15, 0.2) is 23.0 Å². The largest absolute Gasteiger partial charge is 0.338 e. The van der Waals surface area contributed by atoms with Crippen LogP contribution in [0.3, 0.4) is 0 Å². The van der Waals surface area contributed by atoms with Crippen molar-refractivity contribution >= 4 is 33.9 Å². The molecule has 0 N–H and O–H groups in total. The van der Waals surface area contributed by atoms with Gasteiger partial charge in [0.25, 0.3) is 0 Å². The van der Waals surface area contributed by atoms with Crippen molar-refractivity contribution in [1.82, 2.24) is 7.35 Å². The lowest BCUT2D eigenvalue weighted by Gasteiger charge is -2.09. The molecule has 0 saturated carbocycles. The summed E-state index contributed by atoms with van der Waals surface area (Å²) >= 11 is 2.10. The lowest BCUT2D eigenvalue weighted by Crippen LogP contribution is -2.21. The second-order valence-corrected chi connectivity index (χ2v) is 5.86. The maximum absolute atomic E-state index is 12.2. The van der Waals surface area contributed by atoms with Crippen molar-refractivity contribution in [3.8, 4) is 0 Å². The van der Waals surface area contributed by atoms with Gasteiger partial charge in [-0.25, -0.2) is 7.58 Å². The summed E-state index contributed by atoms with van der Waals surface area (Å²) in [7, 11) is 0. The van der Waals surface area contributed by atoms with Gasteiger partial charge >= 0.3 is 5.69 Å². The number of imidazole rings is 1. The Labute approximate surface area is 115 Å². The van der Waals surface area contributed by atoms with Gasteiger partial charge in [0.2, 0.25) is 0 Å². The molecule has 1 aromatic heterocycles. The molecule has 17 heavy (non-hydrogen) atoms. The van der Waals surface area contributed by atoms with E-state index in [1.54, 1.807) is 2.78 Å². The quantitative estimate of drug-likeness (QED) is 0.763. The van der Waals surface area contributed by atoms with Crippen molar-refractivity contribution in [3.63, 3.8) is 0 Å². The van der Waals surface area contributed by atoms with Gasteiger partial charge in [0.1, 0.15) is 0 Å². The van der Waals surface area contributed by atoms with Gasteiger partial charge in [-0.1, -0.05) is 26.0 Å². The van der Waals surface area contributed by atoms with Crippen LogP contribution in [0.5, 0.6) is 0 Å². The zero-order valence-electron chi connectivity index (χ0n) is 10.6. The number of fused-ring (bicyclic) bond motifs is 1. The van der Waals surface area contributed by atoms with Gasteiger partial charge in [0.05, 0.1) is 33.9 Å². The van der Waals surface area contributed by atoms with E-state index in [1.807, 2.05) is 30.5 Å². The predicted molar refractivity (Wildman–Crippen MR) is 80.1 cm³/mol. The van der Waals surface area contributed by atoms with Crippen LogP contribution in [0.2, 0.25) is 0 Å². The van der Waals surface area contributed by atoms with Crippen molar-refractivity contribution in [2.45, 2.75) is 39.7 Å². The fraction of sp³-hybridized carbons (Fsp3) is 0.462. The molecule has 0 unspecified atom stereocenters. The Morgan fingerprint density at radius 2 is 1.82 bits per heavy atom. The second-order valence-electron chi connectivity index (χ2n) is 4.90. The minimum atomic E-state index is 0.0590. The van der Waals surface area contributed by atoms with Gasteiger partial charge < -0.3 is 0 Å². The fourth-order valence-corrected chi connectivity index (χ4v) is 2.97. The molecule has 0 aliphatic carbocycles. The van der Waals surface area contributed by atoms with E-state index in [-0.39, 0.29) is 11.7 Å². The van der Waals surface area contributed by atoms with Gasteiger partial charge in [-0.3, -0.25) is 4.57 Å². The van der Waals surface area contributed by atoms with E-state index in [1.165, 1.54) is 5.56 Å². The van der Waals surface area contributed by atoms with Gasteiger partial charge in [-0.15, -0.1) is 0 Å². The van der Waals surface area contributed by atoms with E-state index < -0.39 is 0 Å². The molecule has 1 heterocycles. The van der Waals surface area contributed by atoms with Gasteiger partial charge in [-0.2, -0.15) is 0 Å². The molecule has 0 atom stereocenters. The summed E-state index contributed by atoms with van der Waals surface area (Å²) in [5.41, 5.74) is 3.38. The first-order valence-electron chi connectivity index (χ1n) is 5.87. The lowest BCUT2D eigenvalue weighted by molar-refractivity contribution is 0.597. The topological polar surface area (TPSA) is 26.9 Å². The maximum atomic E-state index is 12.2. The summed E-state index contributed by atoms with van der Waals surface area (Å²) in [6.07, 6.45) is 0. The minimum Gasteiger partial charge on any atom is -0.289 e. The Kier molecular flexibility index (Phi) is 3.34. The van der Waals surface area contributed by atoms with Gasteiger partial charge in [0, 0.05) is 6.04 Å². The first-order valence-corrected chi connectivity index (χ1v) is 6.83. The molecule has 2 rings (SSSR count). The minimum absolute atomic E-state index is 0.0590. The normalized spacial score (nSPS) is 11.9. The Morgan fingerprint density at radius 1 is 1.18 bits per heavy atom. The third kappa shape index (κ3) is 1.92. The third-order valence-corrected chi connectivity index (χ3v) is 3.91. The Balaban J connectivity index is 2.94. The predicted octanol–water partition coefficient (Wildman–Crippen LogP) is 3.71. The number of aromatic nitrogens is 2. The van der Waals surface area contributed by atoms with E-state index in [9.17, 15) is 4.79 Å². The highest BCUT2D eigenvalue weighted by molar-refractivity contribution is 14.1. The van der Waals surface area contributed by atoms with Crippen LogP contribution in [0.1, 0.15) is 45.2 Å². The van der Waals surface area contributed by atoms with E-state index in [2.05, 4.69) is 42.8 Å². The van der Waals surface area contributed by atoms with Crippen LogP contribution in [0, 0.1) is 0 Å². The number of benzene rings is 1. The SMILES string of the molecule is CC(C)c1cccc2c1n(I)c(=O)n2C(C)C. The van der Waals surface area contributed by atoms with Crippen LogP contribution in [0.4, 0.5) is 0 Å². The number of rotatable bonds is 2. The third-order valence-electron chi connectivity index (χ3n) is 3.01. The van der Waals surface area contributed by atoms with Crippen LogP contribution >= 0.6 is 22.9 Å². The highest BCUT2D eigenvalue weighted by atomic mass is 127. The number of nitrogens with zero attached hydrogens (tertiary/aromatic N) is 2. The Morgan fingerprint density at radius 3 is 2.35 bits per heavy atom. The molecule has 0 aliphatic rings. The van der Waals surface area contributed by atoms with E-state index in [0.29, 0.717) is 5.92 Å². The molecule has 0 saturated heterocycles. The van der Waals surface area contributed by atoms with Crippen molar-refractivity contribution in [3.05, 3.63) is 34.2 Å². The smallest absolute Gasteiger partial charge is 0.289 e. The zero-order valence-corrected chi connectivity index (χ0v) is 12.7. The van der Waals surface area contributed by atoms with Gasteiger partial charge in [-0.05, 0) is 31.4 Å². The van der Waals surface area contributed by atoms with Crippen molar-refractivity contribution in [2.75, 3.05) is 0 Å². The summed E-state index contributed by atoms with van der Waals surface area (Å²) in [6, 6.07) is 6.35. The molecule has 0 radical (unpaired) electrons. The molecule has 0 bridgehead atoms. The first-order chi connectivity index (χ1) is 7.95.